The minimum absolute atomic E-state index is 0.0763. The monoisotopic (exact) mass is 232 g/mol. The van der Waals surface area contributed by atoms with Gasteiger partial charge in [0.05, 0.1) is 6.54 Å². The fraction of sp³-hybridized carbons (Fsp3) is 0.500. The Morgan fingerprint density at radius 1 is 1.35 bits per heavy atom. The SMILES string of the molecule is CNCC(=O)NCC1(c2ccccc2C)CC1. The number of carbonyl (C=O) groups excluding carboxylic acids is 1. The van der Waals surface area contributed by atoms with Crippen LogP contribution in [0.15, 0.2) is 24.3 Å². The van der Waals surface area contributed by atoms with Gasteiger partial charge in [-0.2, -0.15) is 0 Å². The van der Waals surface area contributed by atoms with E-state index in [1.165, 1.54) is 24.0 Å². The molecule has 1 saturated carbocycles. The lowest BCUT2D eigenvalue weighted by Crippen LogP contribution is -2.37. The zero-order valence-corrected chi connectivity index (χ0v) is 10.5. The second-order valence-electron chi connectivity index (χ2n) is 4.90. The third-order valence-corrected chi connectivity index (χ3v) is 3.53. The molecule has 0 aliphatic heterocycles. The van der Waals surface area contributed by atoms with Crippen molar-refractivity contribution >= 4 is 5.91 Å². The molecule has 2 rings (SSSR count). The van der Waals surface area contributed by atoms with Gasteiger partial charge in [0, 0.05) is 12.0 Å². The van der Waals surface area contributed by atoms with Crippen LogP contribution in [-0.4, -0.2) is 26.0 Å². The lowest BCUT2D eigenvalue weighted by molar-refractivity contribution is -0.120. The number of nitrogens with one attached hydrogen (secondary N) is 2. The van der Waals surface area contributed by atoms with Gasteiger partial charge in [0.15, 0.2) is 0 Å². The van der Waals surface area contributed by atoms with Crippen LogP contribution in [0.5, 0.6) is 0 Å². The molecule has 0 unspecified atom stereocenters. The second-order valence-corrected chi connectivity index (χ2v) is 4.90. The van der Waals surface area contributed by atoms with Gasteiger partial charge in [-0.15, -0.1) is 0 Å². The molecule has 0 atom stereocenters. The molecule has 1 aromatic rings. The minimum atomic E-state index is 0.0763. The summed E-state index contributed by atoms with van der Waals surface area (Å²) in [5, 5.41) is 5.87. The first-order valence-electron chi connectivity index (χ1n) is 6.15. The molecular formula is C14H20N2O. The van der Waals surface area contributed by atoms with E-state index in [9.17, 15) is 4.79 Å². The quantitative estimate of drug-likeness (QED) is 0.805. The molecule has 1 aliphatic rings. The van der Waals surface area contributed by atoms with E-state index in [-0.39, 0.29) is 11.3 Å². The summed E-state index contributed by atoms with van der Waals surface area (Å²) in [6.07, 6.45) is 2.36. The van der Waals surface area contributed by atoms with Crippen LogP contribution in [-0.2, 0) is 10.2 Å². The van der Waals surface area contributed by atoms with Crippen LogP contribution >= 0.6 is 0 Å². The highest BCUT2D eigenvalue weighted by Gasteiger charge is 2.44. The van der Waals surface area contributed by atoms with E-state index in [4.69, 9.17) is 0 Å². The van der Waals surface area contributed by atoms with E-state index in [1.807, 2.05) is 0 Å². The Balaban J connectivity index is 2.01. The highest BCUT2D eigenvalue weighted by Crippen LogP contribution is 2.48. The Labute approximate surface area is 103 Å². The summed E-state index contributed by atoms with van der Waals surface area (Å²) in [6.45, 7) is 3.30. The highest BCUT2D eigenvalue weighted by atomic mass is 16.1. The smallest absolute Gasteiger partial charge is 0.233 e. The maximum atomic E-state index is 11.5. The van der Waals surface area contributed by atoms with E-state index in [0.717, 1.165) is 6.54 Å². The Morgan fingerprint density at radius 3 is 2.65 bits per heavy atom. The summed E-state index contributed by atoms with van der Waals surface area (Å²) in [4.78, 5) is 11.5. The maximum Gasteiger partial charge on any atom is 0.233 e. The third kappa shape index (κ3) is 2.67. The van der Waals surface area contributed by atoms with Crippen molar-refractivity contribution in [2.75, 3.05) is 20.1 Å². The summed E-state index contributed by atoms with van der Waals surface area (Å²) < 4.78 is 0. The zero-order valence-electron chi connectivity index (χ0n) is 10.5. The van der Waals surface area contributed by atoms with E-state index in [1.54, 1.807) is 7.05 Å². The first-order chi connectivity index (χ1) is 8.18. The van der Waals surface area contributed by atoms with Gasteiger partial charge in [0.25, 0.3) is 0 Å². The van der Waals surface area contributed by atoms with Crippen molar-refractivity contribution in [2.24, 2.45) is 0 Å². The lowest BCUT2D eigenvalue weighted by atomic mass is 9.92. The van der Waals surface area contributed by atoms with Crippen LogP contribution in [0.3, 0.4) is 0 Å². The van der Waals surface area contributed by atoms with Gasteiger partial charge >= 0.3 is 0 Å². The number of hydrogen-bond acceptors (Lipinski definition) is 2. The van der Waals surface area contributed by atoms with E-state index < -0.39 is 0 Å². The van der Waals surface area contributed by atoms with Crippen LogP contribution in [0.25, 0.3) is 0 Å². The number of carbonyl (C=O) groups is 1. The molecule has 0 spiro atoms. The lowest BCUT2D eigenvalue weighted by Gasteiger charge is -2.18. The summed E-state index contributed by atoms with van der Waals surface area (Å²) in [6, 6.07) is 8.48. The molecule has 0 heterocycles. The van der Waals surface area contributed by atoms with Crippen molar-refractivity contribution in [2.45, 2.75) is 25.2 Å². The number of aryl methyl sites for hydroxylation is 1. The fourth-order valence-electron chi connectivity index (χ4n) is 2.35. The van der Waals surface area contributed by atoms with Gasteiger partial charge in [-0.25, -0.2) is 0 Å². The second kappa shape index (κ2) is 4.88. The average molecular weight is 232 g/mol. The number of likely N-dealkylation sites (N-methyl/N-ethyl adjacent to an activating group) is 1. The molecule has 0 radical (unpaired) electrons. The standard InChI is InChI=1S/C14H20N2O/c1-11-5-3-4-6-12(11)14(7-8-14)10-16-13(17)9-15-2/h3-6,15H,7-10H2,1-2H3,(H,16,17). The van der Waals surface area contributed by atoms with Gasteiger partial charge in [0.1, 0.15) is 0 Å². The molecule has 1 amide bonds. The molecule has 0 bridgehead atoms. The van der Waals surface area contributed by atoms with Gasteiger partial charge in [0.2, 0.25) is 5.91 Å². The Bertz CT molecular complexity index is 410. The molecule has 17 heavy (non-hydrogen) atoms. The van der Waals surface area contributed by atoms with Crippen molar-refractivity contribution < 1.29 is 4.79 Å². The van der Waals surface area contributed by atoms with E-state index >= 15 is 0 Å². The molecule has 1 fully saturated rings. The summed E-state index contributed by atoms with van der Waals surface area (Å²) in [5.74, 6) is 0.0763. The molecular weight excluding hydrogens is 212 g/mol. The largest absolute Gasteiger partial charge is 0.354 e. The van der Waals surface area contributed by atoms with Crippen molar-refractivity contribution in [1.82, 2.24) is 10.6 Å². The molecule has 0 aromatic heterocycles. The topological polar surface area (TPSA) is 41.1 Å². The zero-order chi connectivity index (χ0) is 12.3. The van der Waals surface area contributed by atoms with E-state index in [0.29, 0.717) is 6.54 Å². The Kier molecular flexibility index (Phi) is 3.48. The average Bonchev–Trinajstić information content (AvgIpc) is 3.09. The Morgan fingerprint density at radius 2 is 2.06 bits per heavy atom. The number of benzene rings is 1. The van der Waals surface area contributed by atoms with Crippen LogP contribution in [0.4, 0.5) is 0 Å². The highest BCUT2D eigenvalue weighted by molar-refractivity contribution is 5.78. The van der Waals surface area contributed by atoms with Crippen LogP contribution in [0, 0.1) is 6.92 Å². The van der Waals surface area contributed by atoms with Crippen molar-refractivity contribution in [3.05, 3.63) is 35.4 Å². The number of rotatable bonds is 5. The van der Waals surface area contributed by atoms with Gasteiger partial charge in [-0.1, -0.05) is 24.3 Å². The van der Waals surface area contributed by atoms with Crippen molar-refractivity contribution in [1.29, 1.82) is 0 Å². The minimum Gasteiger partial charge on any atom is -0.354 e. The predicted molar refractivity (Wildman–Crippen MR) is 69.0 cm³/mol. The fourth-order valence-corrected chi connectivity index (χ4v) is 2.35. The third-order valence-electron chi connectivity index (χ3n) is 3.53. The summed E-state index contributed by atoms with van der Waals surface area (Å²) in [7, 11) is 1.79. The molecule has 1 aromatic carbocycles. The summed E-state index contributed by atoms with van der Waals surface area (Å²) >= 11 is 0. The normalized spacial score (nSPS) is 16.6. The molecule has 3 heteroatoms. The van der Waals surface area contributed by atoms with Gasteiger partial charge in [-0.3, -0.25) is 4.79 Å². The predicted octanol–water partition coefficient (Wildman–Crippen LogP) is 1.36. The van der Waals surface area contributed by atoms with Gasteiger partial charge < -0.3 is 10.6 Å². The summed E-state index contributed by atoms with van der Waals surface area (Å²) in [5.41, 5.74) is 2.92. The molecule has 2 N–H and O–H groups in total. The molecule has 92 valence electrons. The molecule has 0 saturated heterocycles. The molecule has 3 nitrogen and oxygen atoms in total. The van der Waals surface area contributed by atoms with E-state index in [2.05, 4.69) is 41.8 Å². The first-order valence-corrected chi connectivity index (χ1v) is 6.15. The van der Waals surface area contributed by atoms with Crippen LogP contribution < -0.4 is 10.6 Å². The Hall–Kier alpha value is -1.35. The van der Waals surface area contributed by atoms with Crippen LogP contribution in [0.1, 0.15) is 24.0 Å². The first kappa shape index (κ1) is 12.1. The molecule has 1 aliphatic carbocycles. The maximum absolute atomic E-state index is 11.5. The number of amides is 1. The van der Waals surface area contributed by atoms with Crippen molar-refractivity contribution in [3.8, 4) is 0 Å². The van der Waals surface area contributed by atoms with Crippen molar-refractivity contribution in [3.63, 3.8) is 0 Å². The number of hydrogen-bond donors (Lipinski definition) is 2. The van der Waals surface area contributed by atoms with Gasteiger partial charge in [-0.05, 0) is 37.9 Å². The van der Waals surface area contributed by atoms with Crippen LogP contribution in [0.2, 0.25) is 0 Å².